The van der Waals surface area contributed by atoms with Crippen molar-refractivity contribution in [3.8, 4) is 11.5 Å². The van der Waals surface area contributed by atoms with Crippen molar-refractivity contribution in [2.75, 3.05) is 20.8 Å². The van der Waals surface area contributed by atoms with Crippen molar-refractivity contribution < 1.29 is 14.3 Å². The number of benzene rings is 1. The van der Waals surface area contributed by atoms with Crippen LogP contribution in [-0.4, -0.2) is 26.5 Å². The highest BCUT2D eigenvalue weighted by Gasteiger charge is 2.22. The number of ether oxygens (including phenoxy) is 2. The Bertz CT molecular complexity index is 446. The summed E-state index contributed by atoms with van der Waals surface area (Å²) >= 11 is 6.26. The standard InChI is InChI=1S/C13H18ClNO3/c1-4-8-7-10(17-2)13(18-3)11(12(8)14)9(16)5-6-15/h7H,4-6,15H2,1-3H3. The Kier molecular flexibility index (Phi) is 5.44. The molecule has 1 aromatic carbocycles. The van der Waals surface area contributed by atoms with Crippen LogP contribution >= 0.6 is 11.6 Å². The van der Waals surface area contributed by atoms with Gasteiger partial charge in [-0.15, -0.1) is 0 Å². The number of carbonyl (C=O) groups excluding carboxylic acids is 1. The van der Waals surface area contributed by atoms with E-state index < -0.39 is 0 Å². The molecule has 0 heterocycles. The summed E-state index contributed by atoms with van der Waals surface area (Å²) in [5.74, 6) is 0.755. The third-order valence-corrected chi connectivity index (χ3v) is 3.14. The second kappa shape index (κ2) is 6.61. The van der Waals surface area contributed by atoms with Gasteiger partial charge in [-0.25, -0.2) is 0 Å². The maximum absolute atomic E-state index is 12.1. The Balaban J connectivity index is 3.47. The molecule has 0 radical (unpaired) electrons. The molecule has 18 heavy (non-hydrogen) atoms. The van der Waals surface area contributed by atoms with E-state index in [1.807, 2.05) is 6.92 Å². The topological polar surface area (TPSA) is 61.5 Å². The first-order valence-electron chi connectivity index (χ1n) is 5.77. The number of ketones is 1. The van der Waals surface area contributed by atoms with Gasteiger partial charge in [0, 0.05) is 6.42 Å². The van der Waals surface area contributed by atoms with Crippen LogP contribution in [0.2, 0.25) is 5.02 Å². The predicted molar refractivity (Wildman–Crippen MR) is 71.9 cm³/mol. The van der Waals surface area contributed by atoms with Gasteiger partial charge in [0.05, 0.1) is 24.8 Å². The van der Waals surface area contributed by atoms with Gasteiger partial charge < -0.3 is 15.2 Å². The maximum Gasteiger partial charge on any atom is 0.173 e. The Labute approximate surface area is 112 Å². The van der Waals surface area contributed by atoms with Crippen LogP contribution in [0.4, 0.5) is 0 Å². The largest absolute Gasteiger partial charge is 0.493 e. The lowest BCUT2D eigenvalue weighted by Gasteiger charge is -2.16. The summed E-state index contributed by atoms with van der Waals surface area (Å²) in [6.07, 6.45) is 0.939. The minimum absolute atomic E-state index is 0.132. The number of rotatable bonds is 6. The third kappa shape index (κ3) is 2.76. The highest BCUT2D eigenvalue weighted by atomic mass is 35.5. The van der Waals surface area contributed by atoms with E-state index >= 15 is 0 Å². The molecule has 5 heteroatoms. The van der Waals surface area contributed by atoms with E-state index in [-0.39, 0.29) is 18.7 Å². The summed E-state index contributed by atoms with van der Waals surface area (Å²) in [5.41, 5.74) is 6.63. The van der Waals surface area contributed by atoms with E-state index in [0.717, 1.165) is 5.56 Å². The van der Waals surface area contributed by atoms with Crippen molar-refractivity contribution in [1.82, 2.24) is 0 Å². The van der Waals surface area contributed by atoms with E-state index in [0.29, 0.717) is 28.5 Å². The van der Waals surface area contributed by atoms with Crippen LogP contribution in [0.5, 0.6) is 11.5 Å². The maximum atomic E-state index is 12.1. The van der Waals surface area contributed by atoms with Gasteiger partial charge in [-0.3, -0.25) is 4.79 Å². The van der Waals surface area contributed by atoms with Crippen LogP contribution in [0.15, 0.2) is 6.07 Å². The van der Waals surface area contributed by atoms with Gasteiger partial charge in [-0.2, -0.15) is 0 Å². The first-order chi connectivity index (χ1) is 8.60. The molecular weight excluding hydrogens is 254 g/mol. The fourth-order valence-electron chi connectivity index (χ4n) is 1.79. The smallest absolute Gasteiger partial charge is 0.173 e. The van der Waals surface area contributed by atoms with Gasteiger partial charge >= 0.3 is 0 Å². The van der Waals surface area contributed by atoms with Crippen LogP contribution in [0.25, 0.3) is 0 Å². The van der Waals surface area contributed by atoms with Crippen molar-refractivity contribution in [2.45, 2.75) is 19.8 Å². The zero-order valence-corrected chi connectivity index (χ0v) is 11.6. The van der Waals surface area contributed by atoms with Crippen molar-refractivity contribution in [2.24, 2.45) is 5.73 Å². The van der Waals surface area contributed by atoms with Crippen LogP contribution in [0, 0.1) is 0 Å². The van der Waals surface area contributed by atoms with Crippen molar-refractivity contribution in [1.29, 1.82) is 0 Å². The molecular formula is C13H18ClNO3. The molecule has 100 valence electrons. The van der Waals surface area contributed by atoms with Gasteiger partial charge in [-0.05, 0) is 24.6 Å². The van der Waals surface area contributed by atoms with E-state index in [4.69, 9.17) is 26.8 Å². The molecule has 2 N–H and O–H groups in total. The van der Waals surface area contributed by atoms with Crippen LogP contribution < -0.4 is 15.2 Å². The Morgan fingerprint density at radius 2 is 2.06 bits per heavy atom. The average molecular weight is 272 g/mol. The molecule has 0 bridgehead atoms. The number of methoxy groups -OCH3 is 2. The van der Waals surface area contributed by atoms with E-state index in [9.17, 15) is 4.79 Å². The Morgan fingerprint density at radius 1 is 1.39 bits per heavy atom. The number of hydrogen-bond donors (Lipinski definition) is 1. The lowest BCUT2D eigenvalue weighted by atomic mass is 10.0. The summed E-state index contributed by atoms with van der Waals surface area (Å²) < 4.78 is 10.5. The molecule has 4 nitrogen and oxygen atoms in total. The van der Waals surface area contributed by atoms with Crippen molar-refractivity contribution in [3.05, 3.63) is 22.2 Å². The summed E-state index contributed by atoms with van der Waals surface area (Å²) in [5, 5.41) is 0.425. The number of Topliss-reactive ketones (excluding diaryl/α,β-unsaturated/α-hetero) is 1. The predicted octanol–water partition coefficient (Wildman–Crippen LogP) is 2.45. The molecule has 0 saturated carbocycles. The Morgan fingerprint density at radius 3 is 2.50 bits per heavy atom. The molecule has 1 aromatic rings. The zero-order chi connectivity index (χ0) is 13.7. The van der Waals surface area contributed by atoms with Crippen molar-refractivity contribution in [3.63, 3.8) is 0 Å². The number of aryl methyl sites for hydroxylation is 1. The summed E-state index contributed by atoms with van der Waals surface area (Å²) in [7, 11) is 3.02. The van der Waals surface area contributed by atoms with Gasteiger partial charge in [0.15, 0.2) is 17.3 Å². The third-order valence-electron chi connectivity index (χ3n) is 2.71. The summed E-state index contributed by atoms with van der Waals surface area (Å²) in [4.78, 5) is 12.1. The Hall–Kier alpha value is -1.26. The molecule has 0 aliphatic heterocycles. The molecule has 1 rings (SSSR count). The number of nitrogens with two attached hydrogens (primary N) is 1. The number of hydrogen-bond acceptors (Lipinski definition) is 4. The molecule has 0 fully saturated rings. The molecule has 0 atom stereocenters. The summed E-state index contributed by atoms with van der Waals surface area (Å²) in [6.45, 7) is 2.24. The number of halogens is 1. The molecule has 0 unspecified atom stereocenters. The van der Waals surface area contributed by atoms with E-state index in [1.54, 1.807) is 6.07 Å². The zero-order valence-electron chi connectivity index (χ0n) is 10.9. The highest BCUT2D eigenvalue weighted by molar-refractivity contribution is 6.35. The minimum Gasteiger partial charge on any atom is -0.493 e. The second-order valence-electron chi connectivity index (χ2n) is 3.78. The van der Waals surface area contributed by atoms with Gasteiger partial charge in [-0.1, -0.05) is 18.5 Å². The SMILES string of the molecule is CCc1cc(OC)c(OC)c(C(=O)CCN)c1Cl. The van der Waals surface area contributed by atoms with E-state index in [1.165, 1.54) is 14.2 Å². The van der Waals surface area contributed by atoms with Gasteiger partial charge in [0.25, 0.3) is 0 Å². The first-order valence-corrected chi connectivity index (χ1v) is 6.15. The first kappa shape index (κ1) is 14.8. The fourth-order valence-corrected chi connectivity index (χ4v) is 2.17. The molecule has 0 aliphatic carbocycles. The lowest BCUT2D eigenvalue weighted by molar-refractivity contribution is 0.0982. The highest BCUT2D eigenvalue weighted by Crippen LogP contribution is 2.39. The van der Waals surface area contributed by atoms with Gasteiger partial charge in [0.1, 0.15) is 0 Å². The van der Waals surface area contributed by atoms with E-state index in [2.05, 4.69) is 0 Å². The molecule has 0 amide bonds. The minimum atomic E-state index is -0.132. The lowest BCUT2D eigenvalue weighted by Crippen LogP contribution is -2.11. The molecule has 0 spiro atoms. The van der Waals surface area contributed by atoms with Crippen LogP contribution in [0.3, 0.4) is 0 Å². The van der Waals surface area contributed by atoms with Crippen LogP contribution in [-0.2, 0) is 6.42 Å². The monoisotopic (exact) mass is 271 g/mol. The van der Waals surface area contributed by atoms with Crippen LogP contribution in [0.1, 0.15) is 29.3 Å². The molecule has 0 aromatic heterocycles. The molecule has 0 saturated heterocycles. The van der Waals surface area contributed by atoms with Gasteiger partial charge in [0.2, 0.25) is 0 Å². The quantitative estimate of drug-likeness (QED) is 0.808. The number of carbonyl (C=O) groups is 1. The average Bonchev–Trinajstić information content (AvgIpc) is 2.38. The normalized spacial score (nSPS) is 10.3. The fraction of sp³-hybridized carbons (Fsp3) is 0.462. The van der Waals surface area contributed by atoms with Crippen molar-refractivity contribution >= 4 is 17.4 Å². The summed E-state index contributed by atoms with van der Waals surface area (Å²) in [6, 6.07) is 1.79. The second-order valence-corrected chi connectivity index (χ2v) is 4.15. The molecule has 0 aliphatic rings.